The molecule has 1 aromatic carbocycles. The van der Waals surface area contributed by atoms with Gasteiger partial charge in [0.1, 0.15) is 5.56 Å². The number of esters is 1. The van der Waals surface area contributed by atoms with Gasteiger partial charge < -0.3 is 10.1 Å². The van der Waals surface area contributed by atoms with E-state index in [2.05, 4.69) is 20.0 Å². The second-order valence-corrected chi connectivity index (χ2v) is 5.58. The van der Waals surface area contributed by atoms with Crippen LogP contribution in [0.15, 0.2) is 30.5 Å². The van der Waals surface area contributed by atoms with E-state index in [1.807, 2.05) is 26.0 Å². The first-order chi connectivity index (χ1) is 11.7. The van der Waals surface area contributed by atoms with E-state index in [1.165, 1.54) is 6.92 Å². The zero-order valence-corrected chi connectivity index (χ0v) is 14.0. The van der Waals surface area contributed by atoms with Gasteiger partial charge in [-0.15, -0.1) is 0 Å². The average Bonchev–Trinajstić information content (AvgIpc) is 2.54. The number of ether oxygens (including phenoxy) is 1. The number of nitrogens with zero attached hydrogens (tertiary/aromatic N) is 2. The highest BCUT2D eigenvalue weighted by atomic mass is 19.4. The summed E-state index contributed by atoms with van der Waals surface area (Å²) in [6.07, 6.45) is -3.98. The zero-order valence-electron chi connectivity index (χ0n) is 14.0. The van der Waals surface area contributed by atoms with Crippen LogP contribution in [0.2, 0.25) is 0 Å². The Balaban J connectivity index is 2.31. The minimum absolute atomic E-state index is 0.0433. The summed E-state index contributed by atoms with van der Waals surface area (Å²) in [6, 6.07) is 7.19. The predicted octanol–water partition coefficient (Wildman–Crippen LogP) is 4.54. The SMILES string of the molecule is CCOC(=O)c1cnc(Nc2ccc(C(C)C)cc2)nc1C(F)(F)F. The fourth-order valence-electron chi connectivity index (χ4n) is 2.10. The van der Waals surface area contributed by atoms with Crippen LogP contribution in [-0.4, -0.2) is 22.5 Å². The van der Waals surface area contributed by atoms with Crippen molar-refractivity contribution in [1.82, 2.24) is 9.97 Å². The van der Waals surface area contributed by atoms with Crippen LogP contribution in [0.3, 0.4) is 0 Å². The summed E-state index contributed by atoms with van der Waals surface area (Å²) < 4.78 is 44.2. The molecule has 0 saturated heterocycles. The van der Waals surface area contributed by atoms with Gasteiger partial charge in [0.05, 0.1) is 6.61 Å². The monoisotopic (exact) mass is 353 g/mol. The number of rotatable bonds is 5. The lowest BCUT2D eigenvalue weighted by Gasteiger charge is -2.13. The molecule has 0 aliphatic carbocycles. The minimum atomic E-state index is -4.80. The lowest BCUT2D eigenvalue weighted by atomic mass is 10.0. The number of hydrogen-bond donors (Lipinski definition) is 1. The average molecular weight is 353 g/mol. The standard InChI is InChI=1S/C17H18F3N3O2/c1-4-25-15(24)13-9-21-16(23-14(13)17(18,19)20)22-12-7-5-11(6-8-12)10(2)3/h5-10H,4H2,1-3H3,(H,21,22,23). The number of halogens is 3. The van der Waals surface area contributed by atoms with Gasteiger partial charge in [0.25, 0.3) is 0 Å². The van der Waals surface area contributed by atoms with Gasteiger partial charge in [-0.2, -0.15) is 13.2 Å². The molecule has 25 heavy (non-hydrogen) atoms. The van der Waals surface area contributed by atoms with Crippen molar-refractivity contribution in [3.63, 3.8) is 0 Å². The van der Waals surface area contributed by atoms with E-state index < -0.39 is 23.4 Å². The number of anilines is 2. The quantitative estimate of drug-likeness (QED) is 0.800. The summed E-state index contributed by atoms with van der Waals surface area (Å²) in [5.74, 6) is -1.02. The lowest BCUT2D eigenvalue weighted by Crippen LogP contribution is -2.19. The van der Waals surface area contributed by atoms with E-state index >= 15 is 0 Å². The molecule has 0 bridgehead atoms. The van der Waals surface area contributed by atoms with Gasteiger partial charge in [0, 0.05) is 11.9 Å². The summed E-state index contributed by atoms with van der Waals surface area (Å²) in [5.41, 5.74) is -0.404. The number of nitrogens with one attached hydrogen (secondary N) is 1. The first-order valence-electron chi connectivity index (χ1n) is 7.70. The Kier molecular flexibility index (Phi) is 5.61. The maximum absolute atomic E-state index is 13.2. The maximum Gasteiger partial charge on any atom is 0.434 e. The molecule has 0 spiro atoms. The molecule has 2 aromatic rings. The van der Waals surface area contributed by atoms with Crippen molar-refractivity contribution in [2.24, 2.45) is 0 Å². The van der Waals surface area contributed by atoms with E-state index in [9.17, 15) is 18.0 Å². The summed E-state index contributed by atoms with van der Waals surface area (Å²) in [4.78, 5) is 18.9. The van der Waals surface area contributed by atoms with Gasteiger partial charge in [-0.25, -0.2) is 14.8 Å². The Morgan fingerprint density at radius 1 is 1.24 bits per heavy atom. The van der Waals surface area contributed by atoms with Crippen molar-refractivity contribution in [1.29, 1.82) is 0 Å². The highest BCUT2D eigenvalue weighted by Crippen LogP contribution is 2.31. The van der Waals surface area contributed by atoms with Gasteiger partial charge in [0.15, 0.2) is 5.69 Å². The first kappa shape index (κ1) is 18.7. The number of benzene rings is 1. The fourth-order valence-corrected chi connectivity index (χ4v) is 2.10. The summed E-state index contributed by atoms with van der Waals surface area (Å²) in [6.45, 7) is 5.53. The third-order valence-electron chi connectivity index (χ3n) is 3.39. The van der Waals surface area contributed by atoms with Gasteiger partial charge >= 0.3 is 12.1 Å². The molecule has 2 rings (SSSR count). The Morgan fingerprint density at radius 2 is 1.88 bits per heavy atom. The van der Waals surface area contributed by atoms with E-state index in [-0.39, 0.29) is 12.6 Å². The second-order valence-electron chi connectivity index (χ2n) is 5.58. The first-order valence-corrected chi connectivity index (χ1v) is 7.70. The normalized spacial score (nSPS) is 11.5. The third kappa shape index (κ3) is 4.68. The molecule has 1 N–H and O–H groups in total. The van der Waals surface area contributed by atoms with Crippen molar-refractivity contribution in [2.45, 2.75) is 32.9 Å². The van der Waals surface area contributed by atoms with Crippen LogP contribution in [0.5, 0.6) is 0 Å². The van der Waals surface area contributed by atoms with Gasteiger partial charge in [0.2, 0.25) is 5.95 Å². The smallest absolute Gasteiger partial charge is 0.434 e. The molecule has 0 unspecified atom stereocenters. The van der Waals surface area contributed by atoms with Gasteiger partial charge in [-0.1, -0.05) is 26.0 Å². The van der Waals surface area contributed by atoms with Crippen LogP contribution < -0.4 is 5.32 Å². The van der Waals surface area contributed by atoms with Crippen LogP contribution >= 0.6 is 0 Å². The number of carbonyl (C=O) groups is 1. The molecule has 0 fully saturated rings. The summed E-state index contributed by atoms with van der Waals surface area (Å²) in [7, 11) is 0. The Morgan fingerprint density at radius 3 is 2.40 bits per heavy atom. The molecule has 0 saturated carbocycles. The molecular formula is C17H18F3N3O2. The molecule has 8 heteroatoms. The fraction of sp³-hybridized carbons (Fsp3) is 0.353. The largest absolute Gasteiger partial charge is 0.462 e. The van der Waals surface area contributed by atoms with Crippen molar-refractivity contribution in [3.05, 3.63) is 47.3 Å². The molecule has 1 heterocycles. The maximum atomic E-state index is 13.2. The molecule has 1 aromatic heterocycles. The lowest BCUT2D eigenvalue weighted by molar-refractivity contribution is -0.141. The Labute approximate surface area is 143 Å². The van der Waals surface area contributed by atoms with Crippen molar-refractivity contribution >= 4 is 17.6 Å². The topological polar surface area (TPSA) is 64.1 Å². The molecule has 134 valence electrons. The van der Waals surface area contributed by atoms with Gasteiger partial charge in [-0.3, -0.25) is 0 Å². The summed E-state index contributed by atoms with van der Waals surface area (Å²) >= 11 is 0. The Bertz CT molecular complexity index is 744. The van der Waals surface area contributed by atoms with Crippen LogP contribution in [0.4, 0.5) is 24.8 Å². The molecular weight excluding hydrogens is 335 g/mol. The van der Waals surface area contributed by atoms with Crippen LogP contribution in [0.25, 0.3) is 0 Å². The molecule has 0 amide bonds. The van der Waals surface area contributed by atoms with Crippen molar-refractivity contribution in [2.75, 3.05) is 11.9 Å². The van der Waals surface area contributed by atoms with Crippen LogP contribution in [0.1, 0.15) is 48.3 Å². The number of carbonyl (C=O) groups excluding carboxylic acids is 1. The summed E-state index contributed by atoms with van der Waals surface area (Å²) in [5, 5.41) is 2.71. The van der Waals surface area contributed by atoms with Crippen molar-refractivity contribution in [3.8, 4) is 0 Å². The van der Waals surface area contributed by atoms with E-state index in [0.29, 0.717) is 11.6 Å². The van der Waals surface area contributed by atoms with Crippen LogP contribution in [-0.2, 0) is 10.9 Å². The molecule has 5 nitrogen and oxygen atoms in total. The molecule has 0 atom stereocenters. The number of hydrogen-bond acceptors (Lipinski definition) is 5. The highest BCUT2D eigenvalue weighted by Gasteiger charge is 2.38. The van der Waals surface area contributed by atoms with Crippen LogP contribution in [0, 0.1) is 0 Å². The Hall–Kier alpha value is -2.64. The van der Waals surface area contributed by atoms with Gasteiger partial charge in [-0.05, 0) is 30.5 Å². The van der Waals surface area contributed by atoms with E-state index in [0.717, 1.165) is 11.8 Å². The minimum Gasteiger partial charge on any atom is -0.462 e. The van der Waals surface area contributed by atoms with Crippen molar-refractivity contribution < 1.29 is 22.7 Å². The second kappa shape index (κ2) is 7.50. The highest BCUT2D eigenvalue weighted by molar-refractivity contribution is 5.90. The number of alkyl halides is 3. The zero-order chi connectivity index (χ0) is 18.6. The number of aromatic nitrogens is 2. The third-order valence-corrected chi connectivity index (χ3v) is 3.39. The predicted molar refractivity (Wildman–Crippen MR) is 86.8 cm³/mol. The molecule has 0 aliphatic heterocycles. The molecule has 0 aliphatic rings. The van der Waals surface area contributed by atoms with E-state index in [1.54, 1.807) is 12.1 Å². The van der Waals surface area contributed by atoms with E-state index in [4.69, 9.17) is 0 Å². The molecule has 0 radical (unpaired) electrons.